The molecule has 0 amide bonds. The molecule has 0 aliphatic heterocycles. The van der Waals surface area contributed by atoms with Crippen LogP contribution in [0.15, 0.2) is 18.2 Å². The third kappa shape index (κ3) is 6.44. The first-order valence-electron chi connectivity index (χ1n) is 7.60. The molecular formula is C16H25ClN2O2. The van der Waals surface area contributed by atoms with Crippen LogP contribution in [0.25, 0.3) is 0 Å². The smallest absolute Gasteiger partial charge is 0.272 e. The van der Waals surface area contributed by atoms with E-state index in [2.05, 4.69) is 26.1 Å². The van der Waals surface area contributed by atoms with E-state index in [0.717, 1.165) is 31.4 Å². The van der Waals surface area contributed by atoms with Crippen LogP contribution < -0.4 is 5.32 Å². The van der Waals surface area contributed by atoms with E-state index in [1.54, 1.807) is 12.1 Å². The highest BCUT2D eigenvalue weighted by atomic mass is 35.5. The normalized spacial score (nSPS) is 12.6. The van der Waals surface area contributed by atoms with Crippen LogP contribution in [0.1, 0.15) is 45.6 Å². The monoisotopic (exact) mass is 312 g/mol. The minimum Gasteiger partial charge on any atom is -0.314 e. The predicted molar refractivity (Wildman–Crippen MR) is 88.0 cm³/mol. The van der Waals surface area contributed by atoms with E-state index in [0.29, 0.717) is 23.4 Å². The molecule has 1 atom stereocenters. The maximum Gasteiger partial charge on any atom is 0.272 e. The Labute approximate surface area is 132 Å². The van der Waals surface area contributed by atoms with Gasteiger partial charge in [-0.25, -0.2) is 0 Å². The largest absolute Gasteiger partial charge is 0.314 e. The van der Waals surface area contributed by atoms with Crippen LogP contribution in [0, 0.1) is 16.0 Å². The summed E-state index contributed by atoms with van der Waals surface area (Å²) in [7, 11) is 0. The van der Waals surface area contributed by atoms with Crippen molar-refractivity contribution < 1.29 is 4.92 Å². The van der Waals surface area contributed by atoms with E-state index in [-0.39, 0.29) is 10.6 Å². The molecule has 0 bridgehead atoms. The number of hydrogen-bond donors (Lipinski definition) is 1. The molecule has 4 nitrogen and oxygen atoms in total. The summed E-state index contributed by atoms with van der Waals surface area (Å²) >= 11 is 5.97. The molecule has 0 fully saturated rings. The third-order valence-corrected chi connectivity index (χ3v) is 3.67. The minimum atomic E-state index is -0.331. The van der Waals surface area contributed by atoms with Gasteiger partial charge in [-0.05, 0) is 50.3 Å². The van der Waals surface area contributed by atoms with Crippen molar-refractivity contribution in [3.05, 3.63) is 38.9 Å². The molecule has 0 aromatic heterocycles. The lowest BCUT2D eigenvalue weighted by molar-refractivity contribution is -0.385. The molecule has 118 valence electrons. The van der Waals surface area contributed by atoms with Gasteiger partial charge in [0.25, 0.3) is 5.69 Å². The van der Waals surface area contributed by atoms with Crippen molar-refractivity contribution in [3.63, 3.8) is 0 Å². The molecule has 0 saturated heterocycles. The molecule has 21 heavy (non-hydrogen) atoms. The average molecular weight is 313 g/mol. The zero-order valence-corrected chi connectivity index (χ0v) is 13.8. The van der Waals surface area contributed by atoms with Gasteiger partial charge < -0.3 is 5.32 Å². The fourth-order valence-electron chi connectivity index (χ4n) is 2.48. The molecule has 0 aliphatic carbocycles. The first-order valence-corrected chi connectivity index (χ1v) is 7.98. The van der Waals surface area contributed by atoms with Crippen LogP contribution in [-0.4, -0.2) is 17.5 Å². The summed E-state index contributed by atoms with van der Waals surface area (Å²) in [6, 6.07) is 5.17. The van der Waals surface area contributed by atoms with Gasteiger partial charge in [0.15, 0.2) is 0 Å². The van der Waals surface area contributed by atoms with Crippen molar-refractivity contribution in [1.29, 1.82) is 0 Å². The molecule has 0 heterocycles. The molecule has 0 saturated carbocycles. The molecule has 1 aromatic carbocycles. The summed E-state index contributed by atoms with van der Waals surface area (Å²) in [6.45, 7) is 7.52. The van der Waals surface area contributed by atoms with E-state index in [1.807, 2.05) is 0 Å². The minimum absolute atomic E-state index is 0.165. The number of benzene rings is 1. The second kappa shape index (κ2) is 9.00. The van der Waals surface area contributed by atoms with Crippen molar-refractivity contribution in [3.8, 4) is 0 Å². The van der Waals surface area contributed by atoms with Crippen molar-refractivity contribution >= 4 is 17.3 Å². The molecule has 1 unspecified atom stereocenters. The molecule has 1 rings (SSSR count). The number of nitrogens with zero attached hydrogens (tertiary/aromatic N) is 1. The Morgan fingerprint density at radius 2 is 2.10 bits per heavy atom. The summed E-state index contributed by atoms with van der Waals surface area (Å²) in [5.74, 6) is 0.605. The van der Waals surface area contributed by atoms with Gasteiger partial charge >= 0.3 is 0 Å². The molecular weight excluding hydrogens is 288 g/mol. The van der Waals surface area contributed by atoms with Gasteiger partial charge in [-0.15, -0.1) is 0 Å². The Balaban J connectivity index is 2.74. The Hall–Kier alpha value is -1.13. The summed E-state index contributed by atoms with van der Waals surface area (Å²) in [5, 5.41) is 15.2. The van der Waals surface area contributed by atoms with Crippen LogP contribution in [-0.2, 0) is 6.42 Å². The lowest BCUT2D eigenvalue weighted by atomic mass is 9.96. The number of nitro groups is 1. The third-order valence-electron chi connectivity index (χ3n) is 3.44. The molecule has 1 N–H and O–H groups in total. The van der Waals surface area contributed by atoms with E-state index in [1.165, 1.54) is 6.07 Å². The van der Waals surface area contributed by atoms with Gasteiger partial charge in [0.05, 0.1) is 4.92 Å². The Morgan fingerprint density at radius 3 is 2.67 bits per heavy atom. The van der Waals surface area contributed by atoms with E-state index >= 15 is 0 Å². The Bertz CT molecular complexity index is 464. The van der Waals surface area contributed by atoms with Crippen LogP contribution >= 0.6 is 11.6 Å². The van der Waals surface area contributed by atoms with Gasteiger partial charge in [0.2, 0.25) is 0 Å². The van der Waals surface area contributed by atoms with Crippen molar-refractivity contribution in [1.82, 2.24) is 5.32 Å². The SMILES string of the molecule is CCCNC(CCc1cc(Cl)ccc1[N+](=O)[O-])CC(C)C. The summed E-state index contributed by atoms with van der Waals surface area (Å²) in [6.07, 6.45) is 3.73. The van der Waals surface area contributed by atoms with Crippen molar-refractivity contribution in [2.24, 2.45) is 5.92 Å². The van der Waals surface area contributed by atoms with Crippen molar-refractivity contribution in [2.45, 2.75) is 52.5 Å². The Kier molecular flexibility index (Phi) is 7.68. The number of nitrogens with one attached hydrogen (secondary N) is 1. The number of rotatable bonds is 9. The maximum atomic E-state index is 11.1. The topological polar surface area (TPSA) is 55.2 Å². The zero-order valence-electron chi connectivity index (χ0n) is 13.1. The second-order valence-corrected chi connectivity index (χ2v) is 6.29. The predicted octanol–water partition coefficient (Wildman–Crippen LogP) is 4.60. The zero-order chi connectivity index (χ0) is 15.8. The quantitative estimate of drug-likeness (QED) is 0.535. The summed E-state index contributed by atoms with van der Waals surface area (Å²) in [4.78, 5) is 10.7. The van der Waals surface area contributed by atoms with E-state index in [9.17, 15) is 10.1 Å². The standard InChI is InChI=1S/C16H25ClN2O2/c1-4-9-18-15(10-12(2)3)7-5-13-11-14(17)6-8-16(13)19(20)21/h6,8,11-12,15,18H,4-5,7,9-10H2,1-3H3. The van der Waals surface area contributed by atoms with Gasteiger partial charge in [-0.3, -0.25) is 10.1 Å². The fraction of sp³-hybridized carbons (Fsp3) is 0.625. The lowest BCUT2D eigenvalue weighted by Gasteiger charge is -2.20. The van der Waals surface area contributed by atoms with Crippen LogP contribution in [0.3, 0.4) is 0 Å². The fourth-order valence-corrected chi connectivity index (χ4v) is 2.68. The molecule has 0 spiro atoms. The first kappa shape index (κ1) is 17.9. The molecule has 1 aromatic rings. The van der Waals surface area contributed by atoms with Gasteiger partial charge in [0, 0.05) is 22.7 Å². The molecule has 0 aliphatic rings. The van der Waals surface area contributed by atoms with E-state index < -0.39 is 0 Å². The lowest BCUT2D eigenvalue weighted by Crippen LogP contribution is -2.31. The van der Waals surface area contributed by atoms with Crippen LogP contribution in [0.5, 0.6) is 0 Å². The van der Waals surface area contributed by atoms with Gasteiger partial charge in [-0.2, -0.15) is 0 Å². The Morgan fingerprint density at radius 1 is 1.38 bits per heavy atom. The highest BCUT2D eigenvalue weighted by Gasteiger charge is 2.16. The first-order chi connectivity index (χ1) is 9.93. The van der Waals surface area contributed by atoms with E-state index in [4.69, 9.17) is 11.6 Å². The molecule has 0 radical (unpaired) electrons. The van der Waals surface area contributed by atoms with Gasteiger partial charge in [0.1, 0.15) is 0 Å². The van der Waals surface area contributed by atoms with Crippen LogP contribution in [0.2, 0.25) is 5.02 Å². The number of halogens is 1. The highest BCUT2D eigenvalue weighted by molar-refractivity contribution is 6.30. The summed E-state index contributed by atoms with van der Waals surface area (Å²) < 4.78 is 0. The average Bonchev–Trinajstić information content (AvgIpc) is 2.41. The highest BCUT2D eigenvalue weighted by Crippen LogP contribution is 2.25. The van der Waals surface area contributed by atoms with Gasteiger partial charge in [-0.1, -0.05) is 32.4 Å². The number of aryl methyl sites for hydroxylation is 1. The summed E-state index contributed by atoms with van der Waals surface area (Å²) in [5.41, 5.74) is 0.887. The number of hydrogen-bond acceptors (Lipinski definition) is 3. The van der Waals surface area contributed by atoms with Crippen molar-refractivity contribution in [2.75, 3.05) is 6.54 Å². The molecule has 5 heteroatoms. The number of nitro benzene ring substituents is 1. The maximum absolute atomic E-state index is 11.1. The van der Waals surface area contributed by atoms with Crippen LogP contribution in [0.4, 0.5) is 5.69 Å². The second-order valence-electron chi connectivity index (χ2n) is 5.85.